The van der Waals surface area contributed by atoms with Gasteiger partial charge in [-0.15, -0.1) is 0 Å². The standard InChI is InChI=1S/C29H29NO8/c1-19(32)30-24-26(38-28(34)22-15-9-4-10-16-22)25(37-27(33)21-13-7-3-8-14-21)23(17-31)36-29(24)35-18-20-11-5-2-6-12-20/h2-16,23-26,29,31H,17-18H2,1H3,(H,30,32)/t23-,24-,25-,26-,29+/m1/s1. The summed E-state index contributed by atoms with van der Waals surface area (Å²) in [6.07, 6.45) is -4.74. The molecular formula is C29H29NO8. The molecule has 1 fully saturated rings. The lowest BCUT2D eigenvalue weighted by atomic mass is 9.95. The molecule has 4 rings (SSSR count). The number of benzene rings is 3. The van der Waals surface area contributed by atoms with Crippen molar-refractivity contribution in [3.05, 3.63) is 108 Å². The molecule has 1 heterocycles. The number of carbonyl (C=O) groups excluding carboxylic acids is 3. The number of carbonyl (C=O) groups is 3. The van der Waals surface area contributed by atoms with Crippen LogP contribution >= 0.6 is 0 Å². The van der Waals surface area contributed by atoms with E-state index in [4.69, 9.17) is 18.9 Å². The maximum atomic E-state index is 13.1. The number of nitrogens with one attached hydrogen (secondary N) is 1. The maximum Gasteiger partial charge on any atom is 0.338 e. The van der Waals surface area contributed by atoms with Crippen LogP contribution in [0.2, 0.25) is 0 Å². The summed E-state index contributed by atoms with van der Waals surface area (Å²) < 4.78 is 23.6. The average molecular weight is 520 g/mol. The Morgan fingerprint density at radius 3 is 1.79 bits per heavy atom. The van der Waals surface area contributed by atoms with Crippen molar-refractivity contribution in [1.29, 1.82) is 0 Å². The summed E-state index contributed by atoms with van der Waals surface area (Å²) in [5, 5.41) is 12.9. The smallest absolute Gasteiger partial charge is 0.338 e. The fraction of sp³-hybridized carbons (Fsp3) is 0.276. The predicted octanol–water partition coefficient (Wildman–Crippen LogP) is 2.88. The number of amides is 1. The van der Waals surface area contributed by atoms with Gasteiger partial charge in [0.15, 0.2) is 18.5 Å². The van der Waals surface area contributed by atoms with Gasteiger partial charge in [-0.05, 0) is 29.8 Å². The predicted molar refractivity (Wildman–Crippen MR) is 136 cm³/mol. The SMILES string of the molecule is CC(=O)N[C@H]1[C@@H](OCc2ccccc2)O[C@H](CO)[C@@H](OC(=O)c2ccccc2)[C@@H]1OC(=O)c1ccccc1. The van der Waals surface area contributed by atoms with E-state index in [9.17, 15) is 19.5 Å². The van der Waals surface area contributed by atoms with Crippen molar-refractivity contribution in [2.45, 2.75) is 44.2 Å². The van der Waals surface area contributed by atoms with E-state index in [-0.39, 0.29) is 17.7 Å². The van der Waals surface area contributed by atoms with Crippen LogP contribution < -0.4 is 5.32 Å². The van der Waals surface area contributed by atoms with Crippen molar-refractivity contribution in [1.82, 2.24) is 5.32 Å². The van der Waals surface area contributed by atoms with E-state index >= 15 is 0 Å². The first-order chi connectivity index (χ1) is 18.5. The van der Waals surface area contributed by atoms with Gasteiger partial charge in [-0.1, -0.05) is 66.7 Å². The monoisotopic (exact) mass is 519 g/mol. The molecule has 0 spiro atoms. The molecule has 3 aromatic carbocycles. The highest BCUT2D eigenvalue weighted by Crippen LogP contribution is 2.29. The van der Waals surface area contributed by atoms with E-state index in [1.807, 2.05) is 30.3 Å². The number of rotatable bonds is 9. The van der Waals surface area contributed by atoms with Gasteiger partial charge in [0.05, 0.1) is 24.3 Å². The summed E-state index contributed by atoms with van der Waals surface area (Å²) in [6.45, 7) is 0.852. The Morgan fingerprint density at radius 2 is 1.29 bits per heavy atom. The number of ether oxygens (including phenoxy) is 4. The maximum absolute atomic E-state index is 13.1. The Labute approximate surface area is 220 Å². The van der Waals surface area contributed by atoms with Gasteiger partial charge >= 0.3 is 11.9 Å². The first kappa shape index (κ1) is 27.0. The van der Waals surface area contributed by atoms with E-state index in [1.54, 1.807) is 60.7 Å². The molecule has 2 N–H and O–H groups in total. The third-order valence-electron chi connectivity index (χ3n) is 5.96. The molecule has 0 radical (unpaired) electrons. The zero-order valence-electron chi connectivity index (χ0n) is 20.8. The molecule has 1 saturated heterocycles. The molecule has 5 atom stereocenters. The molecule has 0 aliphatic carbocycles. The van der Waals surface area contributed by atoms with Crippen LogP contribution in [0, 0.1) is 0 Å². The van der Waals surface area contributed by atoms with Crippen molar-refractivity contribution in [3.8, 4) is 0 Å². The van der Waals surface area contributed by atoms with Crippen LogP contribution in [-0.4, -0.2) is 60.2 Å². The Kier molecular flexibility index (Phi) is 9.21. The lowest BCUT2D eigenvalue weighted by Gasteiger charge is -2.44. The Morgan fingerprint density at radius 1 is 0.789 bits per heavy atom. The van der Waals surface area contributed by atoms with Crippen LogP contribution in [0.3, 0.4) is 0 Å². The zero-order chi connectivity index (χ0) is 26.9. The van der Waals surface area contributed by atoms with Crippen LogP contribution in [-0.2, 0) is 30.3 Å². The second-order valence-corrected chi connectivity index (χ2v) is 8.72. The van der Waals surface area contributed by atoms with Gasteiger partial charge in [-0.3, -0.25) is 4.79 Å². The quantitative estimate of drug-likeness (QED) is 0.414. The van der Waals surface area contributed by atoms with Gasteiger partial charge in [0.25, 0.3) is 0 Å². The Balaban J connectivity index is 1.66. The molecule has 38 heavy (non-hydrogen) atoms. The molecule has 198 valence electrons. The van der Waals surface area contributed by atoms with E-state index in [0.717, 1.165) is 5.56 Å². The lowest BCUT2D eigenvalue weighted by molar-refractivity contribution is -0.272. The minimum Gasteiger partial charge on any atom is -0.452 e. The molecule has 9 nitrogen and oxygen atoms in total. The first-order valence-electron chi connectivity index (χ1n) is 12.2. The Hall–Kier alpha value is -4.05. The van der Waals surface area contributed by atoms with Gasteiger partial charge in [-0.25, -0.2) is 9.59 Å². The number of aliphatic hydroxyl groups is 1. The topological polar surface area (TPSA) is 120 Å². The van der Waals surface area contributed by atoms with Gasteiger partial charge in [0, 0.05) is 6.92 Å². The van der Waals surface area contributed by atoms with Crippen molar-refractivity contribution >= 4 is 17.8 Å². The van der Waals surface area contributed by atoms with Gasteiger partial charge in [0.2, 0.25) is 5.91 Å². The van der Waals surface area contributed by atoms with Crippen LogP contribution in [0.1, 0.15) is 33.2 Å². The third kappa shape index (κ3) is 6.83. The highest BCUT2D eigenvalue weighted by atomic mass is 16.7. The third-order valence-corrected chi connectivity index (χ3v) is 5.96. The van der Waals surface area contributed by atoms with Gasteiger partial charge in [0.1, 0.15) is 12.1 Å². The van der Waals surface area contributed by atoms with Crippen LogP contribution in [0.4, 0.5) is 0 Å². The summed E-state index contributed by atoms with van der Waals surface area (Å²) in [4.78, 5) is 38.3. The van der Waals surface area contributed by atoms with E-state index < -0.39 is 55.1 Å². The molecule has 0 bridgehead atoms. The molecule has 9 heteroatoms. The second-order valence-electron chi connectivity index (χ2n) is 8.72. The summed E-state index contributed by atoms with van der Waals surface area (Å²) >= 11 is 0. The first-order valence-corrected chi connectivity index (χ1v) is 12.2. The normalized spacial score (nSPS) is 22.7. The number of esters is 2. The summed E-state index contributed by atoms with van der Waals surface area (Å²) in [5.74, 6) is -1.85. The van der Waals surface area contributed by atoms with E-state index in [1.165, 1.54) is 6.92 Å². The fourth-order valence-electron chi connectivity index (χ4n) is 4.15. The molecule has 0 saturated carbocycles. The highest BCUT2D eigenvalue weighted by Gasteiger charge is 2.51. The van der Waals surface area contributed by atoms with Crippen molar-refractivity contribution in [2.24, 2.45) is 0 Å². The number of hydrogen-bond acceptors (Lipinski definition) is 8. The fourth-order valence-corrected chi connectivity index (χ4v) is 4.15. The van der Waals surface area contributed by atoms with Crippen molar-refractivity contribution < 1.29 is 38.4 Å². The van der Waals surface area contributed by atoms with Gasteiger partial charge in [-0.2, -0.15) is 0 Å². The summed E-state index contributed by atoms with van der Waals surface area (Å²) in [5.41, 5.74) is 1.36. The molecule has 1 aliphatic heterocycles. The molecule has 1 amide bonds. The van der Waals surface area contributed by atoms with Crippen LogP contribution in [0.15, 0.2) is 91.0 Å². The minimum atomic E-state index is -1.26. The summed E-state index contributed by atoms with van der Waals surface area (Å²) in [7, 11) is 0. The molecule has 0 unspecified atom stereocenters. The largest absolute Gasteiger partial charge is 0.452 e. The number of aliphatic hydroxyl groups excluding tert-OH is 1. The summed E-state index contributed by atoms with van der Waals surface area (Å²) in [6, 6.07) is 24.8. The average Bonchev–Trinajstić information content (AvgIpc) is 2.95. The van der Waals surface area contributed by atoms with Crippen molar-refractivity contribution in [3.63, 3.8) is 0 Å². The molecular weight excluding hydrogens is 490 g/mol. The van der Waals surface area contributed by atoms with E-state index in [2.05, 4.69) is 5.32 Å². The minimum absolute atomic E-state index is 0.119. The van der Waals surface area contributed by atoms with E-state index in [0.29, 0.717) is 0 Å². The second kappa shape index (κ2) is 13.0. The number of hydrogen-bond donors (Lipinski definition) is 2. The highest BCUT2D eigenvalue weighted by molar-refractivity contribution is 5.90. The molecule has 1 aliphatic rings. The Bertz CT molecular complexity index is 1210. The molecule has 0 aromatic heterocycles. The van der Waals surface area contributed by atoms with Crippen LogP contribution in [0.5, 0.6) is 0 Å². The molecule has 3 aromatic rings. The van der Waals surface area contributed by atoms with Gasteiger partial charge < -0.3 is 29.4 Å². The lowest BCUT2D eigenvalue weighted by Crippen LogP contribution is -2.66. The zero-order valence-corrected chi connectivity index (χ0v) is 20.8. The van der Waals surface area contributed by atoms with Crippen LogP contribution in [0.25, 0.3) is 0 Å². The van der Waals surface area contributed by atoms with Crippen molar-refractivity contribution in [2.75, 3.05) is 6.61 Å².